The standard InChI is InChI=1S/C27H27FN6S/c1-4-21-25(32(3)26-30-24(23(14-29)35-26)18-6-8-19(28)9-7-18)22-13-20(12-17(2)34(22)31-21)33-15-27(16-33)10-5-11-27/h6-9,12-13H,4-5,10-11,15-16H2,1-3H3. The van der Waals surface area contributed by atoms with Gasteiger partial charge in [0.05, 0.1) is 16.9 Å². The number of nitrogens with zero attached hydrogens (tertiary/aromatic N) is 6. The zero-order valence-corrected chi connectivity index (χ0v) is 21.0. The zero-order valence-electron chi connectivity index (χ0n) is 20.2. The first kappa shape index (κ1) is 22.1. The summed E-state index contributed by atoms with van der Waals surface area (Å²) in [6.45, 7) is 6.50. The van der Waals surface area contributed by atoms with Crippen LogP contribution in [-0.2, 0) is 6.42 Å². The molecule has 0 atom stereocenters. The minimum atomic E-state index is -0.310. The van der Waals surface area contributed by atoms with Gasteiger partial charge in [-0.1, -0.05) is 24.7 Å². The molecule has 4 aromatic rings. The number of hydrogen-bond acceptors (Lipinski definition) is 6. The molecule has 3 aromatic heterocycles. The summed E-state index contributed by atoms with van der Waals surface area (Å²) < 4.78 is 15.5. The molecule has 35 heavy (non-hydrogen) atoms. The molecule has 2 aliphatic rings. The molecule has 1 aliphatic carbocycles. The summed E-state index contributed by atoms with van der Waals surface area (Å²) >= 11 is 1.35. The Morgan fingerprint density at radius 1 is 1.20 bits per heavy atom. The first-order valence-electron chi connectivity index (χ1n) is 12.1. The summed E-state index contributed by atoms with van der Waals surface area (Å²) in [7, 11) is 1.99. The van der Waals surface area contributed by atoms with Gasteiger partial charge >= 0.3 is 0 Å². The number of aromatic nitrogens is 3. The number of anilines is 3. The van der Waals surface area contributed by atoms with E-state index in [9.17, 15) is 9.65 Å². The molecule has 0 bridgehead atoms. The predicted octanol–water partition coefficient (Wildman–Crippen LogP) is 6.10. The number of benzene rings is 1. The van der Waals surface area contributed by atoms with Crippen molar-refractivity contribution in [3.05, 3.63) is 58.5 Å². The van der Waals surface area contributed by atoms with Crippen LogP contribution in [0.4, 0.5) is 20.9 Å². The van der Waals surface area contributed by atoms with Crippen molar-refractivity contribution in [2.45, 2.75) is 39.5 Å². The molecule has 1 aliphatic heterocycles. The Morgan fingerprint density at radius 3 is 2.57 bits per heavy atom. The van der Waals surface area contributed by atoms with Crippen molar-refractivity contribution in [1.82, 2.24) is 14.6 Å². The molecular weight excluding hydrogens is 459 g/mol. The number of rotatable bonds is 5. The quantitative estimate of drug-likeness (QED) is 0.341. The van der Waals surface area contributed by atoms with Crippen molar-refractivity contribution in [2.24, 2.45) is 5.41 Å². The van der Waals surface area contributed by atoms with E-state index in [2.05, 4.69) is 36.9 Å². The molecule has 0 amide bonds. The highest BCUT2D eigenvalue weighted by Gasteiger charge is 2.47. The summed E-state index contributed by atoms with van der Waals surface area (Å²) in [5.74, 6) is -0.310. The fourth-order valence-electron chi connectivity index (χ4n) is 5.48. The van der Waals surface area contributed by atoms with Crippen LogP contribution in [0.2, 0.25) is 0 Å². The number of hydrogen-bond donors (Lipinski definition) is 0. The third kappa shape index (κ3) is 3.49. The third-order valence-electron chi connectivity index (χ3n) is 7.56. The second kappa shape index (κ2) is 8.06. The minimum Gasteiger partial charge on any atom is -0.370 e. The van der Waals surface area contributed by atoms with Crippen molar-refractivity contribution < 1.29 is 4.39 Å². The van der Waals surface area contributed by atoms with Crippen LogP contribution in [0.1, 0.15) is 42.5 Å². The number of halogens is 1. The van der Waals surface area contributed by atoms with Gasteiger partial charge in [-0.15, -0.1) is 0 Å². The number of pyridine rings is 1. The van der Waals surface area contributed by atoms with Gasteiger partial charge in [0.1, 0.15) is 22.5 Å². The Hall–Kier alpha value is -3.44. The second-order valence-corrected chi connectivity index (χ2v) is 10.8. The fourth-order valence-corrected chi connectivity index (χ4v) is 6.33. The smallest absolute Gasteiger partial charge is 0.191 e. The van der Waals surface area contributed by atoms with Gasteiger partial charge in [-0.2, -0.15) is 10.4 Å². The van der Waals surface area contributed by atoms with Crippen LogP contribution in [0.3, 0.4) is 0 Å². The van der Waals surface area contributed by atoms with Gasteiger partial charge in [0.15, 0.2) is 5.13 Å². The van der Waals surface area contributed by atoms with Crippen LogP contribution in [-0.4, -0.2) is 34.7 Å². The van der Waals surface area contributed by atoms with E-state index >= 15 is 0 Å². The predicted molar refractivity (Wildman–Crippen MR) is 138 cm³/mol. The second-order valence-electron chi connectivity index (χ2n) is 9.86. The summed E-state index contributed by atoms with van der Waals surface area (Å²) in [5.41, 5.74) is 7.26. The lowest BCUT2D eigenvalue weighted by molar-refractivity contribution is 0.0904. The molecule has 178 valence electrons. The Morgan fingerprint density at radius 2 is 1.94 bits per heavy atom. The lowest BCUT2D eigenvalue weighted by atomic mass is 9.63. The molecular formula is C27H27FN6S. The average Bonchev–Trinajstić information content (AvgIpc) is 3.39. The molecule has 6 rings (SSSR count). The average molecular weight is 487 g/mol. The maximum atomic E-state index is 13.4. The van der Waals surface area contributed by atoms with Gasteiger partial charge in [-0.25, -0.2) is 13.9 Å². The third-order valence-corrected chi connectivity index (χ3v) is 8.60. The highest BCUT2D eigenvalue weighted by Crippen LogP contribution is 2.50. The molecule has 8 heteroatoms. The first-order valence-corrected chi connectivity index (χ1v) is 12.9. The van der Waals surface area contributed by atoms with E-state index in [4.69, 9.17) is 10.1 Å². The van der Waals surface area contributed by atoms with Crippen LogP contribution in [0.25, 0.3) is 16.8 Å². The van der Waals surface area contributed by atoms with Crippen molar-refractivity contribution in [3.63, 3.8) is 0 Å². The lowest BCUT2D eigenvalue weighted by Gasteiger charge is -2.57. The molecule has 4 heterocycles. The number of fused-ring (bicyclic) bond motifs is 1. The van der Waals surface area contributed by atoms with Crippen molar-refractivity contribution in [1.29, 1.82) is 5.26 Å². The maximum absolute atomic E-state index is 13.4. The van der Waals surface area contributed by atoms with Gasteiger partial charge in [0.25, 0.3) is 0 Å². The number of nitriles is 1. The molecule has 2 fully saturated rings. The fraction of sp³-hybridized carbons (Fsp3) is 0.370. The van der Waals surface area contributed by atoms with Crippen molar-refractivity contribution >= 4 is 33.4 Å². The molecule has 0 unspecified atom stereocenters. The molecule has 6 nitrogen and oxygen atoms in total. The zero-order chi connectivity index (χ0) is 24.3. The summed E-state index contributed by atoms with van der Waals surface area (Å²) in [4.78, 5) is 9.86. The van der Waals surface area contributed by atoms with Crippen molar-refractivity contribution in [3.8, 4) is 17.3 Å². The normalized spacial score (nSPS) is 16.3. The number of thiazole rings is 1. The van der Waals surface area contributed by atoms with Gasteiger partial charge in [0.2, 0.25) is 0 Å². The molecule has 1 saturated heterocycles. The molecule has 0 radical (unpaired) electrons. The molecule has 1 saturated carbocycles. The van der Waals surface area contributed by atoms with E-state index in [1.807, 2.05) is 16.5 Å². The Labute approximate surface area is 208 Å². The van der Waals surface area contributed by atoms with Crippen LogP contribution < -0.4 is 9.80 Å². The maximum Gasteiger partial charge on any atom is 0.191 e. The van der Waals surface area contributed by atoms with Crippen LogP contribution in [0.5, 0.6) is 0 Å². The Balaban J connectivity index is 1.42. The monoisotopic (exact) mass is 486 g/mol. The van der Waals surface area contributed by atoms with E-state index in [0.717, 1.165) is 47.7 Å². The van der Waals surface area contributed by atoms with Crippen LogP contribution in [0.15, 0.2) is 36.4 Å². The Kier molecular flexibility index (Phi) is 5.08. The molecule has 1 aromatic carbocycles. The van der Waals surface area contributed by atoms with E-state index in [1.165, 1.54) is 48.4 Å². The van der Waals surface area contributed by atoms with Gasteiger partial charge in [0, 0.05) is 42.5 Å². The van der Waals surface area contributed by atoms with E-state index in [1.54, 1.807) is 12.1 Å². The minimum absolute atomic E-state index is 0.310. The van der Waals surface area contributed by atoms with Crippen LogP contribution in [0, 0.1) is 29.5 Å². The largest absolute Gasteiger partial charge is 0.370 e. The summed E-state index contributed by atoms with van der Waals surface area (Å²) in [6, 6.07) is 12.9. The van der Waals surface area contributed by atoms with Gasteiger partial charge in [-0.05, 0) is 62.6 Å². The van der Waals surface area contributed by atoms with Crippen LogP contribution >= 0.6 is 11.3 Å². The molecule has 1 spiro atoms. The number of aryl methyl sites for hydroxylation is 2. The van der Waals surface area contributed by atoms with Gasteiger partial charge < -0.3 is 9.80 Å². The topological polar surface area (TPSA) is 60.5 Å². The summed E-state index contributed by atoms with van der Waals surface area (Å²) in [6.07, 6.45) is 4.85. The first-order chi connectivity index (χ1) is 16.9. The SMILES string of the molecule is CCc1nn2c(C)cc(N3CC4(CCC4)C3)cc2c1N(C)c1nc(-c2ccc(F)cc2)c(C#N)s1. The summed E-state index contributed by atoms with van der Waals surface area (Å²) in [5, 5.41) is 15.4. The van der Waals surface area contributed by atoms with E-state index in [0.29, 0.717) is 21.1 Å². The lowest BCUT2D eigenvalue weighted by Crippen LogP contribution is -2.59. The van der Waals surface area contributed by atoms with Crippen molar-refractivity contribution in [2.75, 3.05) is 29.9 Å². The van der Waals surface area contributed by atoms with E-state index in [-0.39, 0.29) is 5.82 Å². The van der Waals surface area contributed by atoms with E-state index < -0.39 is 0 Å². The molecule has 0 N–H and O–H groups in total. The Bertz CT molecular complexity index is 1470. The highest BCUT2D eigenvalue weighted by molar-refractivity contribution is 7.16. The van der Waals surface area contributed by atoms with Gasteiger partial charge in [-0.3, -0.25) is 0 Å². The highest BCUT2D eigenvalue weighted by atomic mass is 32.1.